The Morgan fingerprint density at radius 1 is 1.17 bits per heavy atom. The number of aliphatic carboxylic acids is 1. The number of nitrogen functional groups attached to an aromatic ring is 1. The van der Waals surface area contributed by atoms with Crippen LogP contribution in [0.3, 0.4) is 0 Å². The molecule has 0 bridgehead atoms. The predicted molar refractivity (Wildman–Crippen MR) is 134 cm³/mol. The van der Waals surface area contributed by atoms with Gasteiger partial charge in [-0.25, -0.2) is 14.2 Å². The van der Waals surface area contributed by atoms with E-state index in [1.165, 1.54) is 0 Å². The van der Waals surface area contributed by atoms with Crippen molar-refractivity contribution in [2.45, 2.75) is 44.3 Å². The number of fused-ring (bicyclic) bond motifs is 1. The lowest BCUT2D eigenvalue weighted by Crippen LogP contribution is -2.28. The third-order valence-electron chi connectivity index (χ3n) is 6.79. The first-order valence-corrected chi connectivity index (χ1v) is 12.5. The molecule has 12 heteroatoms. The summed E-state index contributed by atoms with van der Waals surface area (Å²) in [6.07, 6.45) is 7.34. The zero-order valence-electron chi connectivity index (χ0n) is 19.3. The van der Waals surface area contributed by atoms with E-state index in [1.807, 2.05) is 18.3 Å². The third kappa shape index (κ3) is 4.46. The minimum atomic E-state index is -1.84. The van der Waals surface area contributed by atoms with Crippen molar-refractivity contribution in [3.8, 4) is 22.4 Å². The summed E-state index contributed by atoms with van der Waals surface area (Å²) in [5.74, 6) is -1.43. The van der Waals surface area contributed by atoms with E-state index in [-0.39, 0.29) is 12.5 Å². The second-order valence-corrected chi connectivity index (χ2v) is 9.78. The largest absolute Gasteiger partial charge is 0.479 e. The van der Waals surface area contributed by atoms with Crippen molar-refractivity contribution < 1.29 is 19.4 Å². The van der Waals surface area contributed by atoms with Crippen LogP contribution in [0.25, 0.3) is 28.0 Å². The lowest BCUT2D eigenvalue weighted by molar-refractivity contribution is -0.145. The van der Waals surface area contributed by atoms with Crippen LogP contribution in [0.5, 0.6) is 0 Å². The Morgan fingerprint density at radius 2 is 1.94 bits per heavy atom. The highest BCUT2D eigenvalue weighted by molar-refractivity contribution is 9.10. The average molecular weight is 558 g/mol. The van der Waals surface area contributed by atoms with Gasteiger partial charge in [-0.05, 0) is 47.7 Å². The number of carbonyl (C=O) groups is 1. The van der Waals surface area contributed by atoms with E-state index in [4.69, 9.17) is 20.9 Å². The van der Waals surface area contributed by atoms with E-state index in [2.05, 4.69) is 31.1 Å². The highest BCUT2D eigenvalue weighted by Gasteiger charge is 2.34. The van der Waals surface area contributed by atoms with Gasteiger partial charge in [-0.2, -0.15) is 14.7 Å². The van der Waals surface area contributed by atoms with E-state index in [0.29, 0.717) is 48.2 Å². The van der Waals surface area contributed by atoms with Crippen LogP contribution in [-0.4, -0.2) is 58.3 Å². The molecule has 1 aliphatic carbocycles. The van der Waals surface area contributed by atoms with Crippen molar-refractivity contribution in [1.82, 2.24) is 29.4 Å². The van der Waals surface area contributed by atoms with Gasteiger partial charge in [-0.15, -0.1) is 0 Å². The van der Waals surface area contributed by atoms with Crippen molar-refractivity contribution in [3.05, 3.63) is 47.1 Å². The Morgan fingerprint density at radius 3 is 2.61 bits per heavy atom. The van der Waals surface area contributed by atoms with Crippen molar-refractivity contribution >= 4 is 33.4 Å². The van der Waals surface area contributed by atoms with Crippen molar-refractivity contribution in [2.24, 2.45) is 5.92 Å². The Kier molecular flexibility index (Phi) is 6.71. The summed E-state index contributed by atoms with van der Waals surface area (Å²) in [5, 5.41) is 26.7. The normalized spacial score (nSPS) is 19.0. The molecule has 4 N–H and O–H groups in total. The number of rotatable bonds is 7. The van der Waals surface area contributed by atoms with E-state index < -0.39 is 18.1 Å². The summed E-state index contributed by atoms with van der Waals surface area (Å²) in [6, 6.07) is 3.82. The number of aromatic nitrogens is 6. The summed E-state index contributed by atoms with van der Waals surface area (Å²) >= 11 is 3.57. The van der Waals surface area contributed by atoms with Crippen LogP contribution in [0.15, 0.2) is 41.4 Å². The molecule has 0 saturated heterocycles. The van der Waals surface area contributed by atoms with Crippen LogP contribution in [0, 0.1) is 5.92 Å². The zero-order valence-corrected chi connectivity index (χ0v) is 20.8. The summed E-state index contributed by atoms with van der Waals surface area (Å²) in [7, 11) is 0. The van der Waals surface area contributed by atoms with Crippen LogP contribution in [0.2, 0.25) is 0 Å². The van der Waals surface area contributed by atoms with Crippen LogP contribution < -0.4 is 5.73 Å². The quantitative estimate of drug-likeness (QED) is 0.312. The van der Waals surface area contributed by atoms with E-state index in [0.717, 1.165) is 28.1 Å². The number of halogens is 2. The van der Waals surface area contributed by atoms with Gasteiger partial charge in [0.2, 0.25) is 0 Å². The van der Waals surface area contributed by atoms with Crippen molar-refractivity contribution in [2.75, 3.05) is 12.3 Å². The molecule has 4 aromatic rings. The molecule has 188 valence electrons. The van der Waals surface area contributed by atoms with Crippen LogP contribution >= 0.6 is 15.9 Å². The van der Waals surface area contributed by atoms with E-state index >= 15 is 0 Å². The molecule has 0 aromatic carbocycles. The number of hydrogen-bond acceptors (Lipinski definition) is 7. The Balaban J connectivity index is 1.43. The molecule has 1 atom stereocenters. The fraction of sp³-hybridized carbons (Fsp3) is 0.375. The topological polar surface area (TPSA) is 144 Å². The number of aliphatic hydroxyl groups is 1. The smallest absolute Gasteiger partial charge is 0.338 e. The summed E-state index contributed by atoms with van der Waals surface area (Å²) < 4.78 is 17.9. The number of carboxylic acids is 1. The molecule has 1 fully saturated rings. The number of aliphatic hydroxyl groups excluding tert-OH is 1. The SMILES string of the molecule is Nc1c(Br)c(C2CCC(C(F)C(=O)O)CC2)nc2c(-c3ccc(-c4cnn(CCO)c4)nc3)cnn12. The molecule has 4 aromatic heterocycles. The van der Waals surface area contributed by atoms with Crippen molar-refractivity contribution in [3.63, 3.8) is 0 Å². The maximum Gasteiger partial charge on any atom is 0.338 e. The van der Waals surface area contributed by atoms with Crippen LogP contribution in [0.4, 0.5) is 10.2 Å². The van der Waals surface area contributed by atoms with Gasteiger partial charge in [0.25, 0.3) is 0 Å². The molecular weight excluding hydrogens is 533 g/mol. The standard InChI is InChI=1S/C24H25BrFN7O3/c25-19-21(14-3-1-13(2-4-14)20(26)24(35)36)31-23-17(11-30-33(23)22(19)27)15-5-6-18(28-9-15)16-10-29-32(12-16)7-8-34/h5-6,9-14,20,34H,1-4,7-8,27H2,(H,35,36). The molecule has 1 unspecified atom stereocenters. The second-order valence-electron chi connectivity index (χ2n) is 8.99. The molecule has 0 aliphatic heterocycles. The number of nitrogens with zero attached hydrogens (tertiary/aromatic N) is 6. The van der Waals surface area contributed by atoms with Crippen LogP contribution in [-0.2, 0) is 11.3 Å². The highest BCUT2D eigenvalue weighted by atomic mass is 79.9. The van der Waals surface area contributed by atoms with Gasteiger partial charge in [0.1, 0.15) is 5.82 Å². The molecule has 4 heterocycles. The van der Waals surface area contributed by atoms with E-state index in [1.54, 1.807) is 27.8 Å². The molecule has 5 rings (SSSR count). The average Bonchev–Trinajstić information content (AvgIpc) is 3.54. The van der Waals surface area contributed by atoms with Gasteiger partial charge in [0.15, 0.2) is 11.8 Å². The van der Waals surface area contributed by atoms with Gasteiger partial charge >= 0.3 is 5.97 Å². The first kappa shape index (κ1) is 24.3. The summed E-state index contributed by atoms with van der Waals surface area (Å²) in [5.41, 5.74) is 10.9. The van der Waals surface area contributed by atoms with Gasteiger partial charge in [-0.3, -0.25) is 9.67 Å². The van der Waals surface area contributed by atoms with Crippen molar-refractivity contribution in [1.29, 1.82) is 0 Å². The predicted octanol–water partition coefficient (Wildman–Crippen LogP) is 3.69. The number of carboxylic acid groups (broad SMARTS) is 1. The number of nitrogens with two attached hydrogens (primary N) is 1. The second kappa shape index (κ2) is 9.94. The molecule has 10 nitrogen and oxygen atoms in total. The minimum Gasteiger partial charge on any atom is -0.479 e. The monoisotopic (exact) mass is 557 g/mol. The fourth-order valence-corrected chi connectivity index (χ4v) is 5.40. The molecular formula is C24H25BrFN7O3. The fourth-order valence-electron chi connectivity index (χ4n) is 4.82. The molecule has 1 saturated carbocycles. The number of alkyl halides is 1. The van der Waals surface area contributed by atoms with Gasteiger partial charge in [0.05, 0.1) is 41.4 Å². The molecule has 0 spiro atoms. The lowest BCUT2D eigenvalue weighted by atomic mass is 9.78. The Labute approximate surface area is 214 Å². The maximum atomic E-state index is 14.0. The van der Waals surface area contributed by atoms with Gasteiger partial charge < -0.3 is 15.9 Å². The number of pyridine rings is 1. The number of hydrogen-bond donors (Lipinski definition) is 3. The zero-order chi connectivity index (χ0) is 25.4. The molecule has 0 radical (unpaired) electrons. The summed E-state index contributed by atoms with van der Waals surface area (Å²) in [6.45, 7) is 0.428. The summed E-state index contributed by atoms with van der Waals surface area (Å²) in [4.78, 5) is 20.5. The van der Waals surface area contributed by atoms with Gasteiger partial charge in [-0.1, -0.05) is 6.07 Å². The molecule has 1 aliphatic rings. The Bertz CT molecular complexity index is 1400. The number of anilines is 1. The Hall–Kier alpha value is -3.38. The lowest BCUT2D eigenvalue weighted by Gasteiger charge is -2.29. The van der Waals surface area contributed by atoms with Gasteiger partial charge in [0, 0.05) is 40.9 Å². The first-order valence-electron chi connectivity index (χ1n) is 11.7. The molecule has 0 amide bonds. The van der Waals surface area contributed by atoms with Crippen LogP contribution in [0.1, 0.15) is 37.3 Å². The maximum absolute atomic E-state index is 14.0. The molecule has 36 heavy (non-hydrogen) atoms. The van der Waals surface area contributed by atoms with E-state index in [9.17, 15) is 9.18 Å². The minimum absolute atomic E-state index is 0.0105. The highest BCUT2D eigenvalue weighted by Crippen LogP contribution is 2.41. The first-order chi connectivity index (χ1) is 17.4. The third-order valence-corrected chi connectivity index (χ3v) is 7.60.